The number of benzene rings is 1. The van der Waals surface area contributed by atoms with Gasteiger partial charge in [0.05, 0.1) is 6.04 Å². The Labute approximate surface area is 228 Å². The molecule has 12 heteroatoms. The largest absolute Gasteiger partial charge is 0.480 e. The fourth-order valence-electron chi connectivity index (χ4n) is 4.05. The van der Waals surface area contributed by atoms with Crippen LogP contribution in [-0.2, 0) is 25.6 Å². The monoisotopic (exact) mass is 548 g/mol. The number of aromatic nitrogens is 1. The molecule has 38 heavy (non-hydrogen) atoms. The number of aliphatic carboxylic acids is 1. The Kier molecular flexibility index (Phi) is 12.6. The Morgan fingerprint density at radius 2 is 1.68 bits per heavy atom. The second-order valence-electron chi connectivity index (χ2n) is 9.47. The quantitative estimate of drug-likeness (QED) is 0.112. The number of carbonyl (C=O) groups excluding carboxylic acids is 3. The first-order chi connectivity index (χ1) is 18.1. The number of para-hydroxylation sites is 1. The van der Waals surface area contributed by atoms with E-state index >= 15 is 0 Å². The van der Waals surface area contributed by atoms with Crippen molar-refractivity contribution in [2.45, 2.75) is 70.1 Å². The number of carbonyl (C=O) groups is 4. The molecule has 3 amide bonds. The highest BCUT2D eigenvalue weighted by Gasteiger charge is 2.31. The maximum Gasteiger partial charge on any atom is 0.326 e. The van der Waals surface area contributed by atoms with Crippen LogP contribution in [0.3, 0.4) is 0 Å². The van der Waals surface area contributed by atoms with E-state index in [-0.39, 0.29) is 18.1 Å². The maximum absolute atomic E-state index is 13.4. The predicted octanol–water partition coefficient (Wildman–Crippen LogP) is 0.682. The minimum absolute atomic E-state index is 0.0726. The normalized spacial score (nSPS) is 15.2. The molecule has 5 unspecified atom stereocenters. The lowest BCUT2D eigenvalue weighted by Gasteiger charge is -2.26. The summed E-state index contributed by atoms with van der Waals surface area (Å²) in [6.45, 7) is 4.03. The molecule has 0 spiro atoms. The molecule has 0 aliphatic carbocycles. The van der Waals surface area contributed by atoms with Crippen molar-refractivity contribution in [2.24, 2.45) is 17.4 Å². The zero-order valence-electron chi connectivity index (χ0n) is 21.9. The van der Waals surface area contributed by atoms with Crippen LogP contribution in [0.25, 0.3) is 10.9 Å². The number of carboxylic acids is 1. The van der Waals surface area contributed by atoms with Gasteiger partial charge in [0.15, 0.2) is 0 Å². The van der Waals surface area contributed by atoms with Gasteiger partial charge in [-0.25, -0.2) is 4.79 Å². The van der Waals surface area contributed by atoms with E-state index in [1.807, 2.05) is 31.2 Å². The van der Waals surface area contributed by atoms with E-state index < -0.39 is 47.9 Å². The summed E-state index contributed by atoms with van der Waals surface area (Å²) in [6.07, 6.45) is 4.27. The summed E-state index contributed by atoms with van der Waals surface area (Å²) < 4.78 is 0. The van der Waals surface area contributed by atoms with Crippen LogP contribution < -0.4 is 27.4 Å². The Balaban J connectivity index is 2.21. The fourth-order valence-corrected chi connectivity index (χ4v) is 4.31. The van der Waals surface area contributed by atoms with E-state index in [4.69, 9.17) is 11.5 Å². The third-order valence-electron chi connectivity index (χ3n) is 6.63. The number of hydrogen-bond acceptors (Lipinski definition) is 7. The van der Waals surface area contributed by atoms with Crippen molar-refractivity contribution < 1.29 is 24.3 Å². The number of carboxylic acid groups (broad SMARTS) is 1. The van der Waals surface area contributed by atoms with Crippen LogP contribution >= 0.6 is 12.6 Å². The van der Waals surface area contributed by atoms with E-state index in [1.165, 1.54) is 0 Å². The summed E-state index contributed by atoms with van der Waals surface area (Å²) in [5.41, 5.74) is 13.2. The molecule has 0 saturated heterocycles. The van der Waals surface area contributed by atoms with Crippen molar-refractivity contribution in [3.05, 3.63) is 36.0 Å². The van der Waals surface area contributed by atoms with Crippen LogP contribution in [-0.4, -0.2) is 70.2 Å². The fraction of sp³-hybridized carbons (Fsp3) is 0.538. The van der Waals surface area contributed by atoms with Gasteiger partial charge in [-0.1, -0.05) is 44.9 Å². The van der Waals surface area contributed by atoms with Gasteiger partial charge in [0.25, 0.3) is 0 Å². The highest BCUT2D eigenvalue weighted by molar-refractivity contribution is 7.80. The number of aromatic amines is 1. The number of nitrogens with one attached hydrogen (secondary N) is 4. The first-order valence-electron chi connectivity index (χ1n) is 12.9. The maximum atomic E-state index is 13.4. The molecular weight excluding hydrogens is 508 g/mol. The number of thiol groups is 1. The van der Waals surface area contributed by atoms with Crippen molar-refractivity contribution in [3.63, 3.8) is 0 Å². The molecule has 0 saturated carbocycles. The molecule has 210 valence electrons. The molecule has 2 rings (SSSR count). The standard InChI is InChI=1S/C26H40N6O5S/c1-3-15(2)22(26(36)37)32-25(35)21(14-38)31-24(34)20(30-23(33)18(28)9-6-7-11-27)12-16-13-29-19-10-5-4-8-17(16)19/h4-5,8,10,13,15,18,20-22,29,38H,3,6-7,9,11-12,14,27-28H2,1-2H3,(H,30,33)(H,31,34)(H,32,35)(H,36,37). The van der Waals surface area contributed by atoms with Crippen LogP contribution in [0.15, 0.2) is 30.5 Å². The SMILES string of the molecule is CCC(C)C(NC(=O)C(CS)NC(=O)C(Cc1c[nH]c2ccccc12)NC(=O)C(N)CCCCN)C(=O)O. The number of fused-ring (bicyclic) bond motifs is 1. The summed E-state index contributed by atoms with van der Waals surface area (Å²) in [4.78, 5) is 53.9. The number of nitrogens with two attached hydrogens (primary N) is 2. The van der Waals surface area contributed by atoms with Gasteiger partial charge >= 0.3 is 5.97 Å². The van der Waals surface area contributed by atoms with Crippen LogP contribution in [0.2, 0.25) is 0 Å². The topological polar surface area (TPSA) is 192 Å². The van der Waals surface area contributed by atoms with Crippen molar-refractivity contribution in [2.75, 3.05) is 12.3 Å². The molecular formula is C26H40N6O5S. The van der Waals surface area contributed by atoms with Gasteiger partial charge in [-0.05, 0) is 36.9 Å². The minimum Gasteiger partial charge on any atom is -0.480 e. The lowest BCUT2D eigenvalue weighted by atomic mass is 9.99. The molecule has 0 aliphatic heterocycles. The summed E-state index contributed by atoms with van der Waals surface area (Å²) >= 11 is 4.19. The van der Waals surface area contributed by atoms with Crippen molar-refractivity contribution in [1.82, 2.24) is 20.9 Å². The van der Waals surface area contributed by atoms with E-state index in [2.05, 4.69) is 33.6 Å². The average molecular weight is 549 g/mol. The number of H-pyrrole nitrogens is 1. The molecule has 1 aromatic heterocycles. The highest BCUT2D eigenvalue weighted by atomic mass is 32.1. The smallest absolute Gasteiger partial charge is 0.326 e. The Hall–Kier alpha value is -3.09. The van der Waals surface area contributed by atoms with Crippen molar-refractivity contribution >= 4 is 47.2 Å². The second kappa shape index (κ2) is 15.4. The van der Waals surface area contributed by atoms with Crippen molar-refractivity contribution in [3.8, 4) is 0 Å². The minimum atomic E-state index is -1.16. The summed E-state index contributed by atoms with van der Waals surface area (Å²) in [6, 6.07) is 3.47. The van der Waals surface area contributed by atoms with E-state index in [1.54, 1.807) is 13.1 Å². The van der Waals surface area contributed by atoms with Gasteiger partial charge in [-0.15, -0.1) is 0 Å². The lowest BCUT2D eigenvalue weighted by molar-refractivity contribution is -0.143. The van der Waals surface area contributed by atoms with E-state index in [0.717, 1.165) is 22.9 Å². The number of hydrogen-bond donors (Lipinski definition) is 8. The van der Waals surface area contributed by atoms with Crippen molar-refractivity contribution in [1.29, 1.82) is 0 Å². The number of rotatable bonds is 16. The zero-order valence-corrected chi connectivity index (χ0v) is 22.8. The molecule has 11 nitrogen and oxygen atoms in total. The average Bonchev–Trinajstić information content (AvgIpc) is 3.31. The summed E-state index contributed by atoms with van der Waals surface area (Å²) in [7, 11) is 0. The molecule has 9 N–H and O–H groups in total. The number of unbranched alkanes of at least 4 members (excludes halogenated alkanes) is 1. The Bertz CT molecular complexity index is 1090. The Morgan fingerprint density at radius 3 is 2.32 bits per heavy atom. The van der Waals surface area contributed by atoms with E-state index in [0.29, 0.717) is 25.8 Å². The van der Waals surface area contributed by atoms with Gasteiger partial charge in [0, 0.05) is 29.3 Å². The molecule has 1 aromatic carbocycles. The predicted molar refractivity (Wildman–Crippen MR) is 150 cm³/mol. The molecule has 0 radical (unpaired) electrons. The summed E-state index contributed by atoms with van der Waals surface area (Å²) in [5.74, 6) is -3.32. The van der Waals surface area contributed by atoms with Crippen LogP contribution in [0.4, 0.5) is 0 Å². The van der Waals surface area contributed by atoms with Crippen LogP contribution in [0.1, 0.15) is 45.1 Å². The van der Waals surface area contributed by atoms with E-state index in [9.17, 15) is 24.3 Å². The zero-order chi connectivity index (χ0) is 28.2. The third-order valence-corrected chi connectivity index (χ3v) is 7.00. The highest BCUT2D eigenvalue weighted by Crippen LogP contribution is 2.19. The van der Waals surface area contributed by atoms with Gasteiger partial charge in [0.2, 0.25) is 17.7 Å². The number of amides is 3. The summed E-state index contributed by atoms with van der Waals surface area (Å²) in [5, 5.41) is 18.3. The first kappa shape index (κ1) is 31.1. The molecule has 0 fully saturated rings. The first-order valence-corrected chi connectivity index (χ1v) is 13.5. The molecule has 0 bridgehead atoms. The van der Waals surface area contributed by atoms with Gasteiger partial charge in [0.1, 0.15) is 18.1 Å². The van der Waals surface area contributed by atoms with Gasteiger partial charge in [-0.3, -0.25) is 14.4 Å². The van der Waals surface area contributed by atoms with Gasteiger partial charge < -0.3 is 37.5 Å². The molecule has 5 atom stereocenters. The molecule has 2 aromatic rings. The van der Waals surface area contributed by atoms with Crippen LogP contribution in [0, 0.1) is 5.92 Å². The second-order valence-corrected chi connectivity index (χ2v) is 9.83. The molecule has 1 heterocycles. The van der Waals surface area contributed by atoms with Gasteiger partial charge in [-0.2, -0.15) is 12.6 Å². The van der Waals surface area contributed by atoms with Crippen LogP contribution in [0.5, 0.6) is 0 Å². The third kappa shape index (κ3) is 8.74. The Morgan fingerprint density at radius 1 is 1.03 bits per heavy atom. The lowest BCUT2D eigenvalue weighted by Crippen LogP contribution is -2.58. The molecule has 0 aliphatic rings.